The van der Waals surface area contributed by atoms with Gasteiger partial charge in [-0.15, -0.1) is 0 Å². The average Bonchev–Trinajstić information content (AvgIpc) is 2.59. The van der Waals surface area contributed by atoms with E-state index in [2.05, 4.69) is 18.8 Å². The van der Waals surface area contributed by atoms with Crippen molar-refractivity contribution in [1.29, 1.82) is 0 Å². The third-order valence-corrected chi connectivity index (χ3v) is 2.25. The topological polar surface area (TPSA) is 34.4 Å². The van der Waals surface area contributed by atoms with Crippen LogP contribution in [0.1, 0.15) is 35.9 Å². The third kappa shape index (κ3) is 1.31. The fraction of sp³-hybridized carbons (Fsp3) is 0.273. The summed E-state index contributed by atoms with van der Waals surface area (Å²) in [6.45, 7) is 4.24. The van der Waals surface area contributed by atoms with E-state index in [0.29, 0.717) is 11.6 Å². The number of aldehydes is 1. The first-order chi connectivity index (χ1) is 6.72. The molecule has 0 aromatic carbocycles. The van der Waals surface area contributed by atoms with E-state index in [9.17, 15) is 4.79 Å². The molecular weight excluding hydrogens is 176 g/mol. The van der Waals surface area contributed by atoms with Gasteiger partial charge in [-0.2, -0.15) is 0 Å². The molecule has 0 atom stereocenters. The SMILES string of the molecule is CC(C)c1cccc2nc(C=O)cn12. The van der Waals surface area contributed by atoms with E-state index in [0.717, 1.165) is 11.9 Å². The largest absolute Gasteiger partial charge is 0.303 e. The van der Waals surface area contributed by atoms with Crippen molar-refractivity contribution in [2.75, 3.05) is 0 Å². The number of carbonyl (C=O) groups is 1. The van der Waals surface area contributed by atoms with Crippen molar-refractivity contribution in [2.45, 2.75) is 19.8 Å². The van der Waals surface area contributed by atoms with E-state index < -0.39 is 0 Å². The zero-order chi connectivity index (χ0) is 10.1. The lowest BCUT2D eigenvalue weighted by molar-refractivity contribution is 0.111. The lowest BCUT2D eigenvalue weighted by Crippen LogP contribution is -1.96. The minimum atomic E-state index is 0.424. The van der Waals surface area contributed by atoms with Gasteiger partial charge < -0.3 is 4.40 Å². The Labute approximate surface area is 82.4 Å². The molecule has 0 fully saturated rings. The summed E-state index contributed by atoms with van der Waals surface area (Å²) in [4.78, 5) is 14.8. The molecule has 0 amide bonds. The lowest BCUT2D eigenvalue weighted by Gasteiger charge is -2.07. The Morgan fingerprint density at radius 3 is 2.86 bits per heavy atom. The van der Waals surface area contributed by atoms with Gasteiger partial charge in [0.05, 0.1) is 0 Å². The highest BCUT2D eigenvalue weighted by atomic mass is 16.1. The molecule has 2 rings (SSSR count). The molecular formula is C11H12N2O. The van der Waals surface area contributed by atoms with Gasteiger partial charge in [0.25, 0.3) is 0 Å². The predicted molar refractivity (Wildman–Crippen MR) is 54.7 cm³/mol. The van der Waals surface area contributed by atoms with Crippen molar-refractivity contribution < 1.29 is 4.79 Å². The highest BCUT2D eigenvalue weighted by Gasteiger charge is 2.06. The van der Waals surface area contributed by atoms with E-state index in [1.165, 1.54) is 5.69 Å². The minimum absolute atomic E-state index is 0.424. The molecule has 3 nitrogen and oxygen atoms in total. The summed E-state index contributed by atoms with van der Waals surface area (Å²) in [7, 11) is 0. The molecule has 0 bridgehead atoms. The normalized spacial score (nSPS) is 11.1. The van der Waals surface area contributed by atoms with Crippen molar-refractivity contribution in [1.82, 2.24) is 9.38 Å². The van der Waals surface area contributed by atoms with Crippen molar-refractivity contribution in [3.8, 4) is 0 Å². The molecule has 0 radical (unpaired) electrons. The zero-order valence-electron chi connectivity index (χ0n) is 8.27. The van der Waals surface area contributed by atoms with Crippen LogP contribution in [0.3, 0.4) is 0 Å². The molecule has 0 aliphatic heterocycles. The zero-order valence-corrected chi connectivity index (χ0v) is 8.27. The minimum Gasteiger partial charge on any atom is -0.303 e. The molecule has 3 heteroatoms. The Balaban J connectivity index is 2.72. The molecule has 0 aliphatic rings. The van der Waals surface area contributed by atoms with Crippen molar-refractivity contribution in [3.05, 3.63) is 35.8 Å². The first-order valence-corrected chi connectivity index (χ1v) is 4.65. The second-order valence-corrected chi connectivity index (χ2v) is 3.62. The molecule has 2 aromatic rings. The van der Waals surface area contributed by atoms with Gasteiger partial charge in [0.2, 0.25) is 0 Å². The highest BCUT2D eigenvalue weighted by molar-refractivity contribution is 5.73. The molecule has 2 heterocycles. The molecule has 0 unspecified atom stereocenters. The number of imidazole rings is 1. The second-order valence-electron chi connectivity index (χ2n) is 3.62. The van der Waals surface area contributed by atoms with Crippen LogP contribution in [0, 0.1) is 0 Å². The Hall–Kier alpha value is -1.64. The summed E-state index contributed by atoms with van der Waals surface area (Å²) in [5.74, 6) is 0.424. The average molecular weight is 188 g/mol. The van der Waals surface area contributed by atoms with Crippen molar-refractivity contribution in [2.24, 2.45) is 0 Å². The van der Waals surface area contributed by atoms with Crippen LogP contribution in [-0.4, -0.2) is 15.7 Å². The lowest BCUT2D eigenvalue weighted by atomic mass is 10.1. The fourth-order valence-electron chi connectivity index (χ4n) is 1.58. The molecule has 14 heavy (non-hydrogen) atoms. The Kier molecular flexibility index (Phi) is 2.08. The van der Waals surface area contributed by atoms with Crippen LogP contribution in [0.2, 0.25) is 0 Å². The number of aromatic nitrogens is 2. The molecule has 2 aromatic heterocycles. The van der Waals surface area contributed by atoms with Crippen molar-refractivity contribution in [3.63, 3.8) is 0 Å². The monoisotopic (exact) mass is 188 g/mol. The number of nitrogens with zero attached hydrogens (tertiary/aromatic N) is 2. The molecule has 72 valence electrons. The number of carbonyl (C=O) groups excluding carboxylic acids is 1. The quantitative estimate of drug-likeness (QED) is 0.677. The Bertz CT molecular complexity index is 471. The number of pyridine rings is 1. The van der Waals surface area contributed by atoms with Gasteiger partial charge in [-0.3, -0.25) is 4.79 Å². The summed E-state index contributed by atoms with van der Waals surface area (Å²) in [6.07, 6.45) is 2.55. The molecule has 0 saturated carbocycles. The number of hydrogen-bond acceptors (Lipinski definition) is 2. The van der Waals surface area contributed by atoms with Gasteiger partial charge in [-0.25, -0.2) is 4.98 Å². The summed E-state index contributed by atoms with van der Waals surface area (Å²) in [5.41, 5.74) is 2.49. The van der Waals surface area contributed by atoms with Crippen LogP contribution >= 0.6 is 0 Å². The van der Waals surface area contributed by atoms with Crippen LogP contribution in [0.15, 0.2) is 24.4 Å². The standard InChI is InChI=1S/C11H12N2O/c1-8(2)10-4-3-5-11-12-9(7-14)6-13(10)11/h3-8H,1-2H3. The van der Waals surface area contributed by atoms with Gasteiger partial charge >= 0.3 is 0 Å². The van der Waals surface area contributed by atoms with E-state index in [4.69, 9.17) is 0 Å². The highest BCUT2D eigenvalue weighted by Crippen LogP contribution is 2.16. The third-order valence-electron chi connectivity index (χ3n) is 2.25. The maximum Gasteiger partial charge on any atom is 0.170 e. The molecule has 0 aliphatic carbocycles. The smallest absolute Gasteiger partial charge is 0.170 e. The Morgan fingerprint density at radius 2 is 2.21 bits per heavy atom. The van der Waals surface area contributed by atoms with Gasteiger partial charge in [0.1, 0.15) is 11.3 Å². The first kappa shape index (κ1) is 8.94. The van der Waals surface area contributed by atoms with Gasteiger partial charge in [-0.1, -0.05) is 19.9 Å². The van der Waals surface area contributed by atoms with Crippen molar-refractivity contribution >= 4 is 11.9 Å². The van der Waals surface area contributed by atoms with Crippen LogP contribution in [0.25, 0.3) is 5.65 Å². The van der Waals surface area contributed by atoms with E-state index in [1.807, 2.05) is 22.6 Å². The second kappa shape index (κ2) is 3.25. The number of rotatable bonds is 2. The number of fused-ring (bicyclic) bond motifs is 1. The van der Waals surface area contributed by atoms with Crippen LogP contribution in [-0.2, 0) is 0 Å². The van der Waals surface area contributed by atoms with Crippen LogP contribution in [0.5, 0.6) is 0 Å². The maximum absolute atomic E-state index is 10.6. The first-order valence-electron chi connectivity index (χ1n) is 4.65. The molecule has 0 N–H and O–H groups in total. The predicted octanol–water partition coefficient (Wildman–Crippen LogP) is 2.27. The molecule has 0 saturated heterocycles. The van der Waals surface area contributed by atoms with E-state index in [1.54, 1.807) is 6.20 Å². The van der Waals surface area contributed by atoms with E-state index >= 15 is 0 Å². The van der Waals surface area contributed by atoms with Crippen LogP contribution < -0.4 is 0 Å². The summed E-state index contributed by atoms with van der Waals surface area (Å²) in [5, 5.41) is 0. The molecule has 0 spiro atoms. The maximum atomic E-state index is 10.6. The van der Waals surface area contributed by atoms with Gasteiger partial charge in [-0.05, 0) is 18.1 Å². The summed E-state index contributed by atoms with van der Waals surface area (Å²) < 4.78 is 1.97. The van der Waals surface area contributed by atoms with Gasteiger partial charge in [0.15, 0.2) is 6.29 Å². The fourth-order valence-corrected chi connectivity index (χ4v) is 1.58. The summed E-state index contributed by atoms with van der Waals surface area (Å²) in [6, 6.07) is 5.92. The summed E-state index contributed by atoms with van der Waals surface area (Å²) >= 11 is 0. The van der Waals surface area contributed by atoms with Gasteiger partial charge in [0, 0.05) is 11.9 Å². The van der Waals surface area contributed by atoms with Crippen LogP contribution in [0.4, 0.5) is 0 Å². The number of hydrogen-bond donors (Lipinski definition) is 0. The van der Waals surface area contributed by atoms with E-state index in [-0.39, 0.29) is 0 Å². The Morgan fingerprint density at radius 1 is 1.43 bits per heavy atom.